The number of carbonyl (C=O) groups is 1. The molecule has 0 heterocycles. The number of rotatable bonds is 8. The van der Waals surface area contributed by atoms with Crippen LogP contribution in [0.1, 0.15) is 51.7 Å². The van der Waals surface area contributed by atoms with Crippen LogP contribution in [-0.4, -0.2) is 37.0 Å². The Morgan fingerprint density at radius 3 is 2.78 bits per heavy atom. The number of ether oxygens (including phenoxy) is 1. The van der Waals surface area contributed by atoms with E-state index in [0.29, 0.717) is 11.6 Å². The highest BCUT2D eigenvalue weighted by Gasteiger charge is 2.15. The summed E-state index contributed by atoms with van der Waals surface area (Å²) in [7, 11) is 3.04. The highest BCUT2D eigenvalue weighted by Crippen LogP contribution is 2.25. The molecule has 8 heteroatoms. The molecule has 2 rings (SSSR count). The molecule has 1 aromatic carbocycles. The van der Waals surface area contributed by atoms with E-state index in [9.17, 15) is 4.79 Å². The van der Waals surface area contributed by atoms with Crippen LogP contribution in [0.4, 0.5) is 10.5 Å². The largest absolute Gasteiger partial charge is 0.495 e. The number of benzene rings is 1. The van der Waals surface area contributed by atoms with Crippen molar-refractivity contribution in [1.29, 1.82) is 0 Å². The normalized spacial score (nSPS) is 17.0. The number of urea groups is 1. The van der Waals surface area contributed by atoms with Gasteiger partial charge >= 0.3 is 6.03 Å². The number of amides is 2. The van der Waals surface area contributed by atoms with Gasteiger partial charge in [0.2, 0.25) is 0 Å². The minimum absolute atomic E-state index is 0.133. The Bertz CT molecular complexity index is 914. The number of aryl methyl sites for hydroxylation is 1. The number of allylic oxidation sites excluding steroid dienone is 4. The summed E-state index contributed by atoms with van der Waals surface area (Å²) >= 11 is 0. The van der Waals surface area contributed by atoms with Crippen molar-refractivity contribution < 1.29 is 14.4 Å². The van der Waals surface area contributed by atoms with E-state index in [4.69, 9.17) is 9.57 Å². The van der Waals surface area contributed by atoms with Gasteiger partial charge in [-0.2, -0.15) is 10.1 Å². The summed E-state index contributed by atoms with van der Waals surface area (Å²) < 4.78 is 5.97. The Morgan fingerprint density at radius 2 is 2.09 bits per heavy atom. The fraction of sp³-hybridized carbons (Fsp3) is 0.500. The van der Waals surface area contributed by atoms with Crippen molar-refractivity contribution in [3.8, 4) is 0 Å². The maximum Gasteiger partial charge on any atom is 0.343 e. The summed E-state index contributed by atoms with van der Waals surface area (Å²) in [6.07, 6.45) is 6.24. The topological polar surface area (TPSA) is 87.9 Å². The van der Waals surface area contributed by atoms with E-state index in [-0.39, 0.29) is 18.7 Å². The third-order valence-electron chi connectivity index (χ3n) is 4.99. The molecule has 2 amide bonds. The fourth-order valence-electron chi connectivity index (χ4n) is 3.31. The van der Waals surface area contributed by atoms with Crippen LogP contribution < -0.4 is 5.32 Å². The Balaban J connectivity index is 2.14. The molecule has 0 spiro atoms. The van der Waals surface area contributed by atoms with Crippen molar-refractivity contribution in [1.82, 2.24) is 5.01 Å². The molecule has 0 radical (unpaired) electrons. The Kier molecular flexibility index (Phi) is 9.43. The predicted molar refractivity (Wildman–Crippen MR) is 127 cm³/mol. The van der Waals surface area contributed by atoms with E-state index in [2.05, 4.69) is 39.9 Å². The summed E-state index contributed by atoms with van der Waals surface area (Å²) in [5, 5.41) is 15.7. The SMILES string of the molecule is CN=NN(C)C(=O)Nc1cccc(C)c1CO/N=C(/C)C1=CC[C@@H](C)CC(OC(C)C)=C1. The predicted octanol–water partition coefficient (Wildman–Crippen LogP) is 6.01. The second kappa shape index (κ2) is 12.0. The average molecular weight is 442 g/mol. The minimum atomic E-state index is -0.386. The van der Waals surface area contributed by atoms with E-state index < -0.39 is 0 Å². The molecule has 8 nitrogen and oxygen atoms in total. The second-order valence-electron chi connectivity index (χ2n) is 8.28. The Hall–Kier alpha value is -3.16. The third-order valence-corrected chi connectivity index (χ3v) is 4.99. The highest BCUT2D eigenvalue weighted by molar-refractivity contribution is 6.00. The first-order valence-electron chi connectivity index (χ1n) is 10.9. The van der Waals surface area contributed by atoms with Crippen molar-refractivity contribution in [2.24, 2.45) is 21.4 Å². The molecule has 0 aromatic heterocycles. The lowest BCUT2D eigenvalue weighted by molar-refractivity contribution is 0.130. The van der Waals surface area contributed by atoms with Crippen LogP contribution in [0.5, 0.6) is 0 Å². The average Bonchev–Trinajstić information content (AvgIpc) is 2.90. The van der Waals surface area contributed by atoms with Gasteiger partial charge in [-0.3, -0.25) is 0 Å². The van der Waals surface area contributed by atoms with Crippen LogP contribution in [-0.2, 0) is 16.2 Å². The first-order valence-corrected chi connectivity index (χ1v) is 10.9. The van der Waals surface area contributed by atoms with E-state index in [1.807, 2.05) is 45.9 Å². The minimum Gasteiger partial charge on any atom is -0.495 e. The molecule has 0 saturated heterocycles. The fourth-order valence-corrected chi connectivity index (χ4v) is 3.31. The smallest absolute Gasteiger partial charge is 0.343 e. The maximum atomic E-state index is 12.3. The standard InChI is InChI=1S/C24H35N5O3/c1-16(2)32-21-13-17(3)11-12-20(14-21)19(5)27-31-15-22-18(4)9-8-10-23(22)26-24(30)29(7)28-25-6/h8-10,12,14,16-17H,11,13,15H2,1-7H3,(H,26,30)/b27-19-,28-25?/t17-/m1/s1. The van der Waals surface area contributed by atoms with Crippen molar-refractivity contribution in [2.45, 2.75) is 60.2 Å². The van der Waals surface area contributed by atoms with Gasteiger partial charge in [0.15, 0.2) is 0 Å². The van der Waals surface area contributed by atoms with Crippen LogP contribution in [0.2, 0.25) is 0 Å². The lowest BCUT2D eigenvalue weighted by Gasteiger charge is -2.16. The number of carbonyl (C=O) groups excluding carboxylic acids is 1. The summed E-state index contributed by atoms with van der Waals surface area (Å²) in [5.41, 5.74) is 4.28. The maximum absolute atomic E-state index is 12.3. The molecule has 32 heavy (non-hydrogen) atoms. The van der Waals surface area contributed by atoms with Gasteiger partial charge < -0.3 is 14.9 Å². The quantitative estimate of drug-likeness (QED) is 0.304. The lowest BCUT2D eigenvalue weighted by atomic mass is 10.0. The van der Waals surface area contributed by atoms with Crippen LogP contribution in [0.3, 0.4) is 0 Å². The number of nitrogens with one attached hydrogen (secondary N) is 1. The molecule has 1 aliphatic rings. The monoisotopic (exact) mass is 441 g/mol. The molecule has 0 saturated carbocycles. The van der Waals surface area contributed by atoms with Gasteiger partial charge in [0.05, 0.1) is 24.6 Å². The van der Waals surface area contributed by atoms with Gasteiger partial charge in [-0.15, -0.1) is 0 Å². The van der Waals surface area contributed by atoms with Crippen LogP contribution in [0.25, 0.3) is 0 Å². The molecule has 0 bridgehead atoms. The van der Waals surface area contributed by atoms with E-state index >= 15 is 0 Å². The van der Waals surface area contributed by atoms with E-state index in [1.165, 1.54) is 14.1 Å². The summed E-state index contributed by atoms with van der Waals surface area (Å²) in [5.74, 6) is 1.48. The van der Waals surface area contributed by atoms with Crippen molar-refractivity contribution >= 4 is 17.4 Å². The number of hydrogen-bond donors (Lipinski definition) is 1. The lowest BCUT2D eigenvalue weighted by Crippen LogP contribution is -2.27. The number of hydrogen-bond acceptors (Lipinski definition) is 6. The molecule has 1 atom stereocenters. The molecule has 174 valence electrons. The first kappa shape index (κ1) is 25.1. The summed E-state index contributed by atoms with van der Waals surface area (Å²) in [6.45, 7) is 10.4. The van der Waals surface area contributed by atoms with Gasteiger partial charge in [-0.25, -0.2) is 4.79 Å². The molecular weight excluding hydrogens is 406 g/mol. The Labute approximate surface area is 191 Å². The molecule has 0 unspecified atom stereocenters. The third kappa shape index (κ3) is 7.51. The van der Waals surface area contributed by atoms with Gasteiger partial charge in [0.25, 0.3) is 0 Å². The zero-order valence-corrected chi connectivity index (χ0v) is 20.2. The number of oxime groups is 1. The molecule has 1 aliphatic carbocycles. The molecule has 1 N–H and O–H groups in total. The van der Waals surface area contributed by atoms with Crippen LogP contribution in [0.15, 0.2) is 57.2 Å². The van der Waals surface area contributed by atoms with Crippen molar-refractivity contribution in [3.05, 3.63) is 52.8 Å². The summed E-state index contributed by atoms with van der Waals surface area (Å²) in [6, 6.07) is 5.28. The second-order valence-corrected chi connectivity index (χ2v) is 8.28. The molecule has 0 fully saturated rings. The summed E-state index contributed by atoms with van der Waals surface area (Å²) in [4.78, 5) is 18.0. The van der Waals surface area contributed by atoms with Crippen LogP contribution >= 0.6 is 0 Å². The van der Waals surface area contributed by atoms with Gasteiger partial charge in [0.1, 0.15) is 6.61 Å². The van der Waals surface area contributed by atoms with Crippen molar-refractivity contribution in [2.75, 3.05) is 19.4 Å². The van der Waals surface area contributed by atoms with Gasteiger partial charge in [-0.1, -0.05) is 35.5 Å². The number of nitrogens with zero attached hydrogens (tertiary/aromatic N) is 4. The molecule has 1 aromatic rings. The first-order chi connectivity index (χ1) is 15.2. The molecular formula is C24H35N5O3. The molecule has 0 aliphatic heterocycles. The van der Waals surface area contributed by atoms with E-state index in [0.717, 1.165) is 46.0 Å². The zero-order valence-electron chi connectivity index (χ0n) is 20.2. The van der Waals surface area contributed by atoms with Crippen LogP contribution in [0, 0.1) is 12.8 Å². The van der Waals surface area contributed by atoms with E-state index in [1.54, 1.807) is 0 Å². The van der Waals surface area contributed by atoms with Gasteiger partial charge in [0, 0.05) is 24.7 Å². The highest BCUT2D eigenvalue weighted by atomic mass is 16.6. The van der Waals surface area contributed by atoms with Gasteiger partial charge in [-0.05, 0) is 63.3 Å². The Morgan fingerprint density at radius 1 is 1.34 bits per heavy atom. The van der Waals surface area contributed by atoms with Crippen molar-refractivity contribution in [3.63, 3.8) is 0 Å². The zero-order chi connectivity index (χ0) is 23.7. The number of anilines is 1.